The summed E-state index contributed by atoms with van der Waals surface area (Å²) in [7, 11) is 0. The van der Waals surface area contributed by atoms with Crippen molar-refractivity contribution < 1.29 is 9.90 Å². The molecule has 4 rings (SSSR count). The summed E-state index contributed by atoms with van der Waals surface area (Å²) >= 11 is 0. The number of fused-ring (bicyclic) bond motifs is 5. The molecule has 0 aromatic carbocycles. The Hall–Kier alpha value is -0.370. The van der Waals surface area contributed by atoms with Crippen LogP contribution in [-0.4, -0.2) is 17.0 Å². The van der Waals surface area contributed by atoms with E-state index < -0.39 is 0 Å². The summed E-state index contributed by atoms with van der Waals surface area (Å²) in [5.74, 6) is 3.52. The molecular formula is C21H36O2. The third kappa shape index (κ3) is 2.51. The molecule has 132 valence electrons. The molecule has 0 aliphatic heterocycles. The lowest BCUT2D eigenvalue weighted by Crippen LogP contribution is -2.54. The molecule has 2 nitrogen and oxygen atoms in total. The normalized spacial score (nSPS) is 51.9. The van der Waals surface area contributed by atoms with Gasteiger partial charge in [-0.05, 0) is 79.4 Å². The van der Waals surface area contributed by atoms with E-state index in [1.165, 1.54) is 32.1 Å². The van der Waals surface area contributed by atoms with E-state index in [4.69, 9.17) is 0 Å². The molecule has 0 saturated heterocycles. The van der Waals surface area contributed by atoms with E-state index in [1.54, 1.807) is 0 Å². The zero-order valence-corrected chi connectivity index (χ0v) is 15.6. The molecule has 0 aromatic rings. The molecule has 4 aliphatic carbocycles. The Kier molecular flexibility index (Phi) is 4.68. The van der Waals surface area contributed by atoms with E-state index in [-0.39, 0.29) is 11.5 Å². The van der Waals surface area contributed by atoms with Crippen molar-refractivity contribution >= 4 is 5.78 Å². The van der Waals surface area contributed by atoms with E-state index in [1.807, 2.05) is 13.8 Å². The van der Waals surface area contributed by atoms with Gasteiger partial charge in [-0.15, -0.1) is 0 Å². The SMILES string of the molecule is CC.CC12CCC3C(CC[C@H]4CC(=O)CCC34C)C1CCC2O. The molecule has 0 aromatic heterocycles. The molecule has 0 radical (unpaired) electrons. The first-order valence-corrected chi connectivity index (χ1v) is 10.1. The van der Waals surface area contributed by atoms with Gasteiger partial charge in [0.1, 0.15) is 5.78 Å². The fourth-order valence-corrected chi connectivity index (χ4v) is 7.02. The Balaban J connectivity index is 0.000000753. The number of Topliss-reactive ketones (excluding diaryl/α,β-unsaturated/α-hetero) is 1. The maximum atomic E-state index is 11.9. The molecule has 0 bridgehead atoms. The minimum atomic E-state index is -0.0677. The fourth-order valence-electron chi connectivity index (χ4n) is 7.02. The molecule has 4 fully saturated rings. The monoisotopic (exact) mass is 320 g/mol. The van der Waals surface area contributed by atoms with Crippen molar-refractivity contribution in [3.8, 4) is 0 Å². The van der Waals surface area contributed by atoms with Gasteiger partial charge in [0.05, 0.1) is 6.10 Å². The van der Waals surface area contributed by atoms with Gasteiger partial charge in [-0.25, -0.2) is 0 Å². The second-order valence-corrected chi connectivity index (χ2v) is 9.04. The second-order valence-electron chi connectivity index (χ2n) is 9.04. The summed E-state index contributed by atoms with van der Waals surface area (Å²) in [5.41, 5.74) is 0.598. The number of hydrogen-bond donors (Lipinski definition) is 1. The number of rotatable bonds is 0. The first-order chi connectivity index (χ1) is 10.9. The number of carbonyl (C=O) groups is 1. The Bertz CT molecular complexity index is 459. The quantitative estimate of drug-likeness (QED) is 0.683. The first-order valence-electron chi connectivity index (χ1n) is 10.1. The van der Waals surface area contributed by atoms with Crippen LogP contribution in [0.25, 0.3) is 0 Å². The summed E-state index contributed by atoms with van der Waals surface area (Å²) in [6.45, 7) is 8.85. The van der Waals surface area contributed by atoms with Gasteiger partial charge in [-0.3, -0.25) is 4.79 Å². The van der Waals surface area contributed by atoms with Crippen LogP contribution >= 0.6 is 0 Å². The van der Waals surface area contributed by atoms with Gasteiger partial charge in [0, 0.05) is 12.8 Å². The maximum absolute atomic E-state index is 11.9. The fraction of sp³-hybridized carbons (Fsp3) is 0.952. The van der Waals surface area contributed by atoms with E-state index in [0.29, 0.717) is 17.1 Å². The lowest BCUT2D eigenvalue weighted by atomic mass is 9.45. The predicted molar refractivity (Wildman–Crippen MR) is 94.1 cm³/mol. The van der Waals surface area contributed by atoms with Gasteiger partial charge >= 0.3 is 0 Å². The highest BCUT2D eigenvalue weighted by Gasteiger charge is 2.59. The van der Waals surface area contributed by atoms with E-state index >= 15 is 0 Å². The molecular weight excluding hydrogens is 284 g/mol. The predicted octanol–water partition coefficient (Wildman–Crippen LogP) is 4.99. The maximum Gasteiger partial charge on any atom is 0.133 e. The number of aliphatic hydroxyl groups is 1. The first kappa shape index (κ1) is 17.5. The van der Waals surface area contributed by atoms with E-state index in [2.05, 4.69) is 13.8 Å². The number of aliphatic hydroxyl groups excluding tert-OH is 1. The molecule has 0 amide bonds. The molecule has 6 unspecified atom stereocenters. The largest absolute Gasteiger partial charge is 0.393 e. The molecule has 7 atom stereocenters. The van der Waals surface area contributed by atoms with Crippen LogP contribution in [-0.2, 0) is 4.79 Å². The third-order valence-corrected chi connectivity index (χ3v) is 8.43. The van der Waals surface area contributed by atoms with Crippen LogP contribution in [0.3, 0.4) is 0 Å². The van der Waals surface area contributed by atoms with Crippen LogP contribution in [0.15, 0.2) is 0 Å². The lowest BCUT2D eigenvalue weighted by molar-refractivity contribution is -0.141. The minimum Gasteiger partial charge on any atom is -0.393 e. The Morgan fingerprint density at radius 3 is 2.35 bits per heavy atom. The van der Waals surface area contributed by atoms with Crippen LogP contribution < -0.4 is 0 Å². The van der Waals surface area contributed by atoms with Gasteiger partial charge in [0.2, 0.25) is 0 Å². The number of carbonyl (C=O) groups excluding carboxylic acids is 1. The zero-order chi connectivity index (χ0) is 16.8. The summed E-state index contributed by atoms with van der Waals surface area (Å²) in [4.78, 5) is 11.9. The van der Waals surface area contributed by atoms with Crippen LogP contribution in [0.5, 0.6) is 0 Å². The molecule has 23 heavy (non-hydrogen) atoms. The smallest absolute Gasteiger partial charge is 0.133 e. The van der Waals surface area contributed by atoms with E-state index in [0.717, 1.165) is 43.4 Å². The average molecular weight is 321 g/mol. The molecule has 1 N–H and O–H groups in total. The summed E-state index contributed by atoms with van der Waals surface area (Å²) in [6, 6.07) is 0. The minimum absolute atomic E-state index is 0.0677. The highest BCUT2D eigenvalue weighted by atomic mass is 16.3. The van der Waals surface area contributed by atoms with Crippen molar-refractivity contribution in [2.45, 2.75) is 91.6 Å². The highest BCUT2D eigenvalue weighted by molar-refractivity contribution is 5.79. The van der Waals surface area contributed by atoms with Crippen molar-refractivity contribution in [3.63, 3.8) is 0 Å². The van der Waals surface area contributed by atoms with Gasteiger partial charge in [-0.1, -0.05) is 27.7 Å². The summed E-state index contributed by atoms with van der Waals surface area (Å²) < 4.78 is 0. The lowest BCUT2D eigenvalue weighted by Gasteiger charge is -2.60. The topological polar surface area (TPSA) is 37.3 Å². The van der Waals surface area contributed by atoms with Crippen LogP contribution in [0.4, 0.5) is 0 Å². The summed E-state index contributed by atoms with van der Waals surface area (Å²) in [6.07, 6.45) is 10.0. The Labute approximate surface area is 142 Å². The average Bonchev–Trinajstić information content (AvgIpc) is 2.86. The van der Waals surface area contributed by atoms with Crippen molar-refractivity contribution in [1.29, 1.82) is 0 Å². The zero-order valence-electron chi connectivity index (χ0n) is 15.6. The van der Waals surface area contributed by atoms with Crippen molar-refractivity contribution in [1.82, 2.24) is 0 Å². The van der Waals surface area contributed by atoms with Gasteiger partial charge in [-0.2, -0.15) is 0 Å². The third-order valence-electron chi connectivity index (χ3n) is 8.43. The van der Waals surface area contributed by atoms with Gasteiger partial charge in [0.15, 0.2) is 0 Å². The highest BCUT2D eigenvalue weighted by Crippen LogP contribution is 2.65. The molecule has 0 heterocycles. The van der Waals surface area contributed by atoms with Crippen LogP contribution in [0.1, 0.15) is 85.5 Å². The number of hydrogen-bond acceptors (Lipinski definition) is 2. The summed E-state index contributed by atoms with van der Waals surface area (Å²) in [5, 5.41) is 10.5. The van der Waals surface area contributed by atoms with Crippen LogP contribution in [0.2, 0.25) is 0 Å². The molecule has 4 saturated carbocycles. The van der Waals surface area contributed by atoms with E-state index in [9.17, 15) is 9.90 Å². The van der Waals surface area contributed by atoms with Crippen LogP contribution in [0, 0.1) is 34.5 Å². The van der Waals surface area contributed by atoms with Crippen molar-refractivity contribution in [3.05, 3.63) is 0 Å². The van der Waals surface area contributed by atoms with Crippen molar-refractivity contribution in [2.75, 3.05) is 0 Å². The second kappa shape index (κ2) is 6.17. The molecule has 0 spiro atoms. The molecule has 4 aliphatic rings. The molecule has 2 heteroatoms. The standard InChI is InChI=1S/C19H30O2.C2H6/c1-18-9-7-13(20)11-12(18)3-4-14-15-5-6-17(21)19(15,2)10-8-16(14)18;1-2/h12,14-17,21H,3-11H2,1-2H3;1-2H3/t12-,14?,15?,16?,17?,18?,19?;/m0./s1. The van der Waals surface area contributed by atoms with Crippen molar-refractivity contribution in [2.24, 2.45) is 34.5 Å². The number of ketones is 1. The van der Waals surface area contributed by atoms with Gasteiger partial charge in [0.25, 0.3) is 0 Å². The Morgan fingerprint density at radius 2 is 1.61 bits per heavy atom. The van der Waals surface area contributed by atoms with Gasteiger partial charge < -0.3 is 5.11 Å². The Morgan fingerprint density at radius 1 is 0.913 bits per heavy atom.